The summed E-state index contributed by atoms with van der Waals surface area (Å²) in [4.78, 5) is 16.4. The highest BCUT2D eigenvalue weighted by Gasteiger charge is 1.96. The van der Waals surface area contributed by atoms with Crippen LogP contribution in [0.1, 0.15) is 5.69 Å². The lowest BCUT2D eigenvalue weighted by Crippen LogP contribution is -1.80. The van der Waals surface area contributed by atoms with Gasteiger partial charge in [-0.3, -0.25) is 4.79 Å². The standard InChI is InChI=1S/C6H5N2O/c1-5(3-9)6-2-7-4-8-6/h2,4H,1H2,(H,7,8). The predicted octanol–water partition coefficient (Wildman–Crippen LogP) is 0.533. The lowest BCUT2D eigenvalue weighted by molar-refractivity contribution is 0.565. The van der Waals surface area contributed by atoms with Crippen LogP contribution in [0, 0.1) is 0 Å². The van der Waals surface area contributed by atoms with E-state index in [1.807, 2.05) is 0 Å². The molecule has 0 saturated carbocycles. The lowest BCUT2D eigenvalue weighted by atomic mass is 10.3. The Labute approximate surface area is 52.4 Å². The van der Waals surface area contributed by atoms with Crippen molar-refractivity contribution >= 4 is 11.9 Å². The summed E-state index contributed by atoms with van der Waals surface area (Å²) in [5.74, 6) is 0. The van der Waals surface area contributed by atoms with Crippen molar-refractivity contribution in [2.24, 2.45) is 0 Å². The second kappa shape index (κ2) is 2.26. The first-order chi connectivity index (χ1) is 4.34. The number of rotatable bonds is 2. The molecule has 3 heteroatoms. The van der Waals surface area contributed by atoms with Gasteiger partial charge in [0.2, 0.25) is 6.29 Å². The second-order valence-corrected chi connectivity index (χ2v) is 1.54. The summed E-state index contributed by atoms with van der Waals surface area (Å²) in [5.41, 5.74) is 0.821. The minimum absolute atomic E-state index is 0.274. The molecule has 0 aliphatic rings. The van der Waals surface area contributed by atoms with Crippen LogP contribution in [0.15, 0.2) is 19.1 Å². The molecule has 0 aliphatic heterocycles. The number of hydrogen-bond acceptors (Lipinski definition) is 2. The van der Waals surface area contributed by atoms with E-state index in [9.17, 15) is 4.79 Å². The van der Waals surface area contributed by atoms with Crippen molar-refractivity contribution in [2.75, 3.05) is 0 Å². The summed E-state index contributed by atoms with van der Waals surface area (Å²) in [5, 5.41) is 0. The van der Waals surface area contributed by atoms with Crippen LogP contribution in [0.25, 0.3) is 5.57 Å². The normalized spacial score (nSPS) is 8.89. The minimum atomic E-state index is 0.274. The number of allylic oxidation sites excluding steroid dienone is 1. The zero-order chi connectivity index (χ0) is 6.69. The van der Waals surface area contributed by atoms with E-state index in [0.29, 0.717) is 5.69 Å². The Kier molecular flexibility index (Phi) is 1.44. The van der Waals surface area contributed by atoms with Crippen molar-refractivity contribution in [3.8, 4) is 0 Å². The fourth-order valence-corrected chi connectivity index (χ4v) is 0.478. The molecule has 0 bridgehead atoms. The maximum atomic E-state index is 9.92. The minimum Gasteiger partial charge on any atom is -0.351 e. The zero-order valence-electron chi connectivity index (χ0n) is 4.72. The van der Waals surface area contributed by atoms with Crippen LogP contribution in [-0.4, -0.2) is 16.3 Å². The molecule has 9 heavy (non-hydrogen) atoms. The molecule has 0 fully saturated rings. The fourth-order valence-electron chi connectivity index (χ4n) is 0.478. The van der Waals surface area contributed by atoms with Crippen molar-refractivity contribution in [3.05, 3.63) is 24.8 Å². The molecule has 0 atom stereocenters. The van der Waals surface area contributed by atoms with Gasteiger partial charge < -0.3 is 4.98 Å². The van der Waals surface area contributed by atoms with Crippen molar-refractivity contribution in [3.63, 3.8) is 0 Å². The first-order valence-electron chi connectivity index (χ1n) is 2.41. The van der Waals surface area contributed by atoms with Gasteiger partial charge in [-0.25, -0.2) is 4.98 Å². The Hall–Kier alpha value is -1.38. The summed E-state index contributed by atoms with van der Waals surface area (Å²) in [6.07, 6.45) is 4.71. The Morgan fingerprint density at radius 1 is 1.89 bits per heavy atom. The molecule has 0 unspecified atom stereocenters. The van der Waals surface area contributed by atoms with Gasteiger partial charge >= 0.3 is 0 Å². The van der Waals surface area contributed by atoms with Gasteiger partial charge in [-0.15, -0.1) is 0 Å². The zero-order valence-corrected chi connectivity index (χ0v) is 4.72. The predicted molar refractivity (Wildman–Crippen MR) is 33.3 cm³/mol. The average molecular weight is 121 g/mol. The number of nitrogens with zero attached hydrogens (tertiary/aromatic N) is 1. The molecule has 1 heterocycles. The van der Waals surface area contributed by atoms with Gasteiger partial charge in [0.05, 0.1) is 12.0 Å². The van der Waals surface area contributed by atoms with Gasteiger partial charge in [-0.05, 0) is 0 Å². The number of aromatic nitrogens is 2. The third-order valence-electron chi connectivity index (χ3n) is 0.931. The van der Waals surface area contributed by atoms with Crippen molar-refractivity contribution in [1.82, 2.24) is 9.97 Å². The lowest BCUT2D eigenvalue weighted by Gasteiger charge is -1.82. The van der Waals surface area contributed by atoms with E-state index in [4.69, 9.17) is 0 Å². The van der Waals surface area contributed by atoms with E-state index >= 15 is 0 Å². The molecule has 1 aromatic rings. The van der Waals surface area contributed by atoms with Crippen LogP contribution in [0.4, 0.5) is 0 Å². The number of aromatic amines is 1. The molecule has 1 N–H and O–H groups in total. The quantitative estimate of drug-likeness (QED) is 0.580. The molecule has 1 rings (SSSR count). The molecule has 0 aromatic carbocycles. The van der Waals surface area contributed by atoms with Gasteiger partial charge in [0, 0.05) is 11.8 Å². The molecule has 3 nitrogen and oxygen atoms in total. The van der Waals surface area contributed by atoms with Gasteiger partial charge in [-0.1, -0.05) is 6.58 Å². The maximum Gasteiger partial charge on any atom is 0.235 e. The highest BCUT2D eigenvalue weighted by atomic mass is 16.1. The highest BCUT2D eigenvalue weighted by Crippen LogP contribution is 2.01. The Bertz CT molecular complexity index is 213. The van der Waals surface area contributed by atoms with Crippen LogP contribution >= 0.6 is 0 Å². The molecular formula is C6H5N2O. The third kappa shape index (κ3) is 1.05. The van der Waals surface area contributed by atoms with E-state index in [0.717, 1.165) is 0 Å². The van der Waals surface area contributed by atoms with Crippen LogP contribution in [0.3, 0.4) is 0 Å². The van der Waals surface area contributed by atoms with Crippen molar-refractivity contribution < 1.29 is 4.79 Å². The molecule has 0 spiro atoms. The van der Waals surface area contributed by atoms with Crippen LogP contribution in [0.2, 0.25) is 0 Å². The molecule has 0 saturated heterocycles. The first-order valence-corrected chi connectivity index (χ1v) is 2.41. The molecule has 45 valence electrons. The molecular weight excluding hydrogens is 116 g/mol. The average Bonchev–Trinajstić information content (AvgIpc) is 2.37. The molecule has 1 radical (unpaired) electrons. The van der Waals surface area contributed by atoms with Crippen LogP contribution in [0.5, 0.6) is 0 Å². The SMILES string of the molecule is C=C([C]=O)c1c[nH]cn1. The van der Waals surface area contributed by atoms with Crippen molar-refractivity contribution in [1.29, 1.82) is 0 Å². The Morgan fingerprint density at radius 2 is 2.67 bits per heavy atom. The van der Waals surface area contributed by atoms with Gasteiger partial charge in [0.15, 0.2) is 0 Å². The van der Waals surface area contributed by atoms with Gasteiger partial charge in [0.25, 0.3) is 0 Å². The van der Waals surface area contributed by atoms with Gasteiger partial charge in [0.1, 0.15) is 0 Å². The number of nitrogens with one attached hydrogen (secondary N) is 1. The molecule has 1 aromatic heterocycles. The smallest absolute Gasteiger partial charge is 0.235 e. The Morgan fingerprint density at radius 3 is 3.11 bits per heavy atom. The van der Waals surface area contributed by atoms with Crippen molar-refractivity contribution in [2.45, 2.75) is 0 Å². The fraction of sp³-hybridized carbons (Fsp3) is 0. The number of carbonyl (C=O) groups excluding carboxylic acids is 1. The first kappa shape index (κ1) is 5.75. The highest BCUT2D eigenvalue weighted by molar-refractivity contribution is 6.05. The van der Waals surface area contributed by atoms with Crippen LogP contribution < -0.4 is 0 Å². The topological polar surface area (TPSA) is 45.8 Å². The Balaban J connectivity index is 2.89. The molecule has 0 amide bonds. The van der Waals surface area contributed by atoms with E-state index in [1.165, 1.54) is 6.33 Å². The summed E-state index contributed by atoms with van der Waals surface area (Å²) in [7, 11) is 0. The monoisotopic (exact) mass is 121 g/mol. The number of imidazole rings is 1. The largest absolute Gasteiger partial charge is 0.351 e. The summed E-state index contributed by atoms with van der Waals surface area (Å²) in [6.45, 7) is 3.41. The maximum absolute atomic E-state index is 9.92. The van der Waals surface area contributed by atoms with E-state index in [2.05, 4.69) is 16.5 Å². The number of hydrogen-bond donors (Lipinski definition) is 1. The van der Waals surface area contributed by atoms with E-state index in [-0.39, 0.29) is 5.57 Å². The number of H-pyrrole nitrogens is 1. The summed E-state index contributed by atoms with van der Waals surface area (Å²) in [6, 6.07) is 0. The summed E-state index contributed by atoms with van der Waals surface area (Å²) >= 11 is 0. The van der Waals surface area contributed by atoms with E-state index < -0.39 is 0 Å². The van der Waals surface area contributed by atoms with Crippen LogP contribution in [-0.2, 0) is 4.79 Å². The van der Waals surface area contributed by atoms with E-state index in [1.54, 1.807) is 12.5 Å². The molecule has 0 aliphatic carbocycles. The summed E-state index contributed by atoms with van der Waals surface area (Å²) < 4.78 is 0. The third-order valence-corrected chi connectivity index (χ3v) is 0.931. The van der Waals surface area contributed by atoms with Gasteiger partial charge in [-0.2, -0.15) is 0 Å². The second-order valence-electron chi connectivity index (χ2n) is 1.54.